The van der Waals surface area contributed by atoms with E-state index < -0.39 is 128 Å². The molecule has 832 valence electrons. The van der Waals surface area contributed by atoms with E-state index in [2.05, 4.69) is 16.9 Å². The van der Waals surface area contributed by atoms with Gasteiger partial charge in [-0.05, 0) is 287 Å². The van der Waals surface area contributed by atoms with Crippen molar-refractivity contribution in [2.75, 3.05) is 32.9 Å². The Morgan fingerprint density at radius 3 is 1.06 bits per heavy atom. The fourth-order valence-electron chi connectivity index (χ4n) is 25.5. The van der Waals surface area contributed by atoms with Crippen molar-refractivity contribution in [2.45, 2.75) is 444 Å². The second-order valence-corrected chi connectivity index (χ2v) is 54.6. The molecular formula is C105H153F8NO26S7. The van der Waals surface area contributed by atoms with Crippen molar-refractivity contribution in [3.63, 3.8) is 0 Å². The van der Waals surface area contributed by atoms with E-state index in [0.29, 0.717) is 81.6 Å². The highest BCUT2D eigenvalue weighted by atomic mass is 32.2. The first-order valence-corrected chi connectivity index (χ1v) is 63.5. The number of esters is 3. The lowest BCUT2D eigenvalue weighted by Crippen LogP contribution is -2.63. The van der Waals surface area contributed by atoms with E-state index in [0.717, 1.165) is 176 Å². The number of ether oxygens (including phenoxy) is 3. The highest BCUT2D eigenvalue weighted by molar-refractivity contribution is 7.90. The van der Waals surface area contributed by atoms with Crippen LogP contribution >= 0.6 is 0 Å². The van der Waals surface area contributed by atoms with Crippen LogP contribution in [0.1, 0.15) is 468 Å². The van der Waals surface area contributed by atoms with Gasteiger partial charge in [-0.25, -0.2) is 22.8 Å². The van der Waals surface area contributed by atoms with Gasteiger partial charge in [-0.1, -0.05) is 250 Å². The molecule has 13 fully saturated rings. The van der Waals surface area contributed by atoms with Gasteiger partial charge in [0, 0.05) is 18.5 Å². The van der Waals surface area contributed by atoms with Crippen molar-refractivity contribution < 1.29 is 150 Å². The molecule has 1 heterocycles. The number of halogens is 8. The minimum Gasteiger partial charge on any atom is -0.462 e. The standard InChI is InChI=1S/C30H46O3S.C24H34O7S.C18H26O3S.C13H18F2O5S.C12H18O3S.C8H11F6NO5S2/c31-34(32,33)30-28(24-17-9-3-10-18-24)26(22-13-5-1-6-14-22)21-27(23-15-7-2-8-16-23)29(30)25-19-11-4-12-20-25;25-23(30-13-11-18-7-3-1-4-8-18)20-15-21(17-22(16-20)32(27,28)29)24(26)31-14-12-19-9-5-2-6-10-19;19-22(20,21)18-13-16(14-7-3-1-4-8-14)11-12-17(18)15-9-5-2-6-10-15;14-13(15,21(17,18)19)11(16)20-7-12-4-8-1-9(5-12)3-10(2-8)6-12;1-8(2)10-6-5-7-11(9(3)4)12(10)16(13,14)15;9-6(10,8(13,14)22(18,19)20)7(11,12)21(16,17)15-4-2-1-3-5-15/h21-25H,1-20H2,(H,31,32,33);15-19H,1-14H2,(H,27,28,29);11-15H,1-10H2,(H,19,20,21);8-10H,1-7H2,(H,17,18,19);5-9H,1-4H3,(H,13,14,15);1-5H2,(H,18,19,20). The minimum atomic E-state index is -6.98. The quantitative estimate of drug-likeness (QED) is 0.0127. The topological polar surface area (TPSA) is 442 Å². The second kappa shape index (κ2) is 52.1. The molecule has 4 bridgehead atoms. The monoisotopic (exact) mass is 2220 g/mol. The first-order chi connectivity index (χ1) is 68.9. The molecule has 13 aliphatic rings. The Hall–Kier alpha value is -5.90. The van der Waals surface area contributed by atoms with Gasteiger partial charge >= 0.3 is 59.8 Å². The molecular weight excluding hydrogens is 2070 g/mol. The van der Waals surface area contributed by atoms with Gasteiger partial charge in [-0.2, -0.15) is 89.9 Å². The number of sulfonamides is 1. The average molecular weight is 2220 g/mol. The third kappa shape index (κ3) is 31.5. The summed E-state index contributed by atoms with van der Waals surface area (Å²) >= 11 is 0. The maximum Gasteiger partial charge on any atom is 0.465 e. The molecule has 147 heavy (non-hydrogen) atoms. The van der Waals surface area contributed by atoms with Gasteiger partial charge in [0.1, 0.15) is 9.79 Å². The number of piperidine rings is 1. The largest absolute Gasteiger partial charge is 0.465 e. The summed E-state index contributed by atoms with van der Waals surface area (Å²) < 4.78 is 338. The van der Waals surface area contributed by atoms with Gasteiger partial charge in [0.15, 0.2) is 0 Å². The SMILES string of the molecule is CC(C)c1cccc(C(C)C)c1S(=O)(=O)O.O=C(OCC12CC3CC(CC(C3)C1)C2)C(F)(F)S(=O)(=O)O.O=C(OCCC1CCCCC1)c1cc(C(=O)OCCC2CCCCC2)cc(S(=O)(=O)O)c1.O=S(=O)(O)C(F)(F)C(F)(F)C(F)(F)S(=O)(=O)N1CCCCC1.O=S(=O)(O)c1c(C2CCCCC2)c(C2CCCCC2)cc(C2CCCCC2)c1C1CCCCC1.O=S(=O)(O)c1cc(C2CCCCC2)ccc1C1CCCCC1. The highest BCUT2D eigenvalue weighted by Gasteiger charge is 2.83. The maximum absolute atomic E-state index is 13.6. The van der Waals surface area contributed by atoms with Crippen molar-refractivity contribution in [3.05, 3.63) is 116 Å². The van der Waals surface area contributed by atoms with Crippen molar-refractivity contribution in [2.24, 2.45) is 35.0 Å². The van der Waals surface area contributed by atoms with Crippen LogP contribution in [0.4, 0.5) is 35.1 Å². The molecule has 42 heteroatoms. The van der Waals surface area contributed by atoms with Crippen LogP contribution in [0.15, 0.2) is 80.2 Å². The number of carbonyl (C=O) groups is 3. The lowest BCUT2D eigenvalue weighted by molar-refractivity contribution is -0.246. The number of rotatable bonds is 29. The predicted octanol–water partition coefficient (Wildman–Crippen LogP) is 26.3. The summed E-state index contributed by atoms with van der Waals surface area (Å²) in [6, 6.07) is 17.0. The van der Waals surface area contributed by atoms with Gasteiger partial charge in [0.25, 0.3) is 50.5 Å². The Kier molecular flexibility index (Phi) is 43.0. The zero-order valence-electron chi connectivity index (χ0n) is 85.1. The molecule has 4 aromatic rings. The van der Waals surface area contributed by atoms with E-state index in [4.69, 9.17) is 18.6 Å². The molecule has 1 aliphatic heterocycles. The summed E-state index contributed by atoms with van der Waals surface area (Å²) in [5.74, 6) is -5.32. The highest BCUT2D eigenvalue weighted by Crippen LogP contribution is 2.61. The Morgan fingerprint density at radius 1 is 0.374 bits per heavy atom. The van der Waals surface area contributed by atoms with Crippen LogP contribution < -0.4 is 0 Å². The summed E-state index contributed by atoms with van der Waals surface area (Å²) in [7, 11) is -36.2. The van der Waals surface area contributed by atoms with Crippen LogP contribution in [-0.4, -0.2) is 163 Å². The van der Waals surface area contributed by atoms with E-state index in [1.54, 1.807) is 18.2 Å². The summed E-state index contributed by atoms with van der Waals surface area (Å²) in [5, 5.41) is -18.0. The molecule has 17 rings (SSSR count). The molecule has 1 saturated heterocycles. The third-order valence-electron chi connectivity index (χ3n) is 32.7. The number of nitrogens with zero attached hydrogens (tertiary/aromatic N) is 1. The zero-order valence-corrected chi connectivity index (χ0v) is 90.8. The van der Waals surface area contributed by atoms with E-state index in [-0.39, 0.29) is 81.1 Å². The summed E-state index contributed by atoms with van der Waals surface area (Å²) in [5.41, 5.74) is 7.63. The van der Waals surface area contributed by atoms with Gasteiger partial charge in [-0.15, -0.1) is 0 Å². The number of benzene rings is 4. The van der Waals surface area contributed by atoms with Crippen molar-refractivity contribution in [1.82, 2.24) is 4.31 Å². The molecule has 0 radical (unpaired) electrons. The smallest absolute Gasteiger partial charge is 0.462 e. The Bertz CT molecular complexity index is 5760. The van der Waals surface area contributed by atoms with E-state index in [9.17, 15) is 127 Å². The summed E-state index contributed by atoms with van der Waals surface area (Å²) in [6.45, 7) is 6.75. The first kappa shape index (κ1) is 121. The average Bonchev–Trinajstić information content (AvgIpc) is 0.711. The molecule has 0 spiro atoms. The normalized spacial score (nSPS) is 22.9. The van der Waals surface area contributed by atoms with Crippen LogP contribution in [0, 0.1) is 35.0 Å². The fourth-order valence-corrected chi connectivity index (χ4v) is 31.5. The van der Waals surface area contributed by atoms with Crippen LogP contribution in [0.3, 0.4) is 0 Å². The lowest BCUT2D eigenvalue weighted by Gasteiger charge is -2.56. The number of hydrogen-bond acceptors (Lipinski definition) is 20. The number of carbonyl (C=O) groups excluding carboxylic acids is 3. The van der Waals surface area contributed by atoms with Gasteiger partial charge in [0.2, 0.25) is 0 Å². The van der Waals surface area contributed by atoms with Gasteiger partial charge in [0.05, 0.1) is 40.7 Å². The number of hydrogen-bond donors (Lipinski definition) is 6. The summed E-state index contributed by atoms with van der Waals surface area (Å²) in [4.78, 5) is 36.4. The fraction of sp³-hybridized carbons (Fsp3) is 0.743. The van der Waals surface area contributed by atoms with Crippen molar-refractivity contribution in [1.29, 1.82) is 0 Å². The van der Waals surface area contributed by atoms with Crippen LogP contribution in [-0.2, 0) is 89.7 Å². The van der Waals surface area contributed by atoms with E-state index >= 15 is 0 Å². The van der Waals surface area contributed by atoms with Gasteiger partial charge in [-0.3, -0.25) is 27.3 Å². The predicted molar refractivity (Wildman–Crippen MR) is 540 cm³/mol. The molecule has 12 aliphatic carbocycles. The molecule has 0 unspecified atom stereocenters. The second-order valence-electron chi connectivity index (χ2n) is 44.1. The maximum atomic E-state index is 13.6. The van der Waals surface area contributed by atoms with Crippen LogP contribution in [0.2, 0.25) is 0 Å². The van der Waals surface area contributed by atoms with Crippen molar-refractivity contribution >= 4 is 88.6 Å². The Morgan fingerprint density at radius 2 is 0.721 bits per heavy atom. The van der Waals surface area contributed by atoms with Crippen LogP contribution in [0.25, 0.3) is 0 Å². The van der Waals surface area contributed by atoms with E-state index in [1.807, 2.05) is 39.8 Å². The third-order valence-corrected chi connectivity index (χ3v) is 40.1. The summed E-state index contributed by atoms with van der Waals surface area (Å²) in [6.07, 6.45) is 55.4. The van der Waals surface area contributed by atoms with Gasteiger partial charge < -0.3 is 14.2 Å². The first-order valence-electron chi connectivity index (χ1n) is 53.4. The minimum absolute atomic E-state index is 0.0512. The molecule has 6 N–H and O–H groups in total. The molecule has 27 nitrogen and oxygen atoms in total. The zero-order chi connectivity index (χ0) is 108. The lowest BCUT2D eigenvalue weighted by atomic mass is 9.50. The molecule has 0 atom stereocenters. The molecule has 12 saturated carbocycles. The Balaban J connectivity index is 0.000000171. The molecule has 0 amide bonds. The Labute approximate surface area is 865 Å². The van der Waals surface area contributed by atoms with Crippen LogP contribution in [0.5, 0.6) is 0 Å². The molecule has 4 aromatic carbocycles. The van der Waals surface area contributed by atoms with E-state index in [1.165, 1.54) is 184 Å². The number of alkyl halides is 8. The van der Waals surface area contributed by atoms with Crippen molar-refractivity contribution in [3.8, 4) is 0 Å². The molecule has 0 aromatic heterocycles.